The average molecular weight is 391 g/mol. The van der Waals surface area contributed by atoms with E-state index < -0.39 is 35.8 Å². The molecule has 0 radical (unpaired) electrons. The second-order valence-electron chi connectivity index (χ2n) is 6.33. The number of hydrogen-bond donors (Lipinski definition) is 2. The van der Waals surface area contributed by atoms with Crippen molar-refractivity contribution in [2.45, 2.75) is 32.9 Å². The summed E-state index contributed by atoms with van der Waals surface area (Å²) in [6, 6.07) is 5.46. The summed E-state index contributed by atoms with van der Waals surface area (Å²) in [7, 11) is 1.38. The van der Waals surface area contributed by atoms with E-state index >= 15 is 0 Å². The predicted octanol–water partition coefficient (Wildman–Crippen LogP) is 1.67. The van der Waals surface area contributed by atoms with Crippen LogP contribution in [0.4, 0.5) is 4.39 Å². The van der Waals surface area contributed by atoms with Crippen LogP contribution in [0.15, 0.2) is 35.1 Å². The van der Waals surface area contributed by atoms with Gasteiger partial charge in [-0.1, -0.05) is 20.3 Å². The molecule has 28 heavy (non-hydrogen) atoms. The van der Waals surface area contributed by atoms with Gasteiger partial charge in [0.15, 0.2) is 0 Å². The zero-order valence-electron chi connectivity index (χ0n) is 15.8. The summed E-state index contributed by atoms with van der Waals surface area (Å²) < 4.78 is 19.4. The number of amides is 1. The second kappa shape index (κ2) is 9.12. The van der Waals surface area contributed by atoms with Gasteiger partial charge in [0.2, 0.25) is 5.91 Å². The Bertz CT molecular complexity index is 928. The van der Waals surface area contributed by atoms with Gasteiger partial charge >= 0.3 is 5.97 Å². The van der Waals surface area contributed by atoms with Crippen LogP contribution in [0, 0.1) is 11.7 Å². The van der Waals surface area contributed by atoms with Crippen LogP contribution < -0.4 is 15.6 Å². The highest BCUT2D eigenvalue weighted by Gasteiger charge is 2.25. The number of ether oxygens (including phenoxy) is 1. The zero-order chi connectivity index (χ0) is 20.8. The highest BCUT2D eigenvalue weighted by atomic mass is 19.1. The summed E-state index contributed by atoms with van der Waals surface area (Å²) in [5, 5.41) is 15.8. The number of carbonyl (C=O) groups excluding carboxylic acids is 1. The Morgan fingerprint density at radius 1 is 1.32 bits per heavy atom. The minimum absolute atomic E-state index is 0.227. The first-order valence-corrected chi connectivity index (χ1v) is 8.71. The summed E-state index contributed by atoms with van der Waals surface area (Å²) in [6.45, 7) is 3.08. The number of carboxylic acids is 1. The van der Waals surface area contributed by atoms with Gasteiger partial charge in [-0.2, -0.15) is 5.10 Å². The Balaban J connectivity index is 2.28. The number of hydrogen-bond acceptors (Lipinski definition) is 5. The zero-order valence-corrected chi connectivity index (χ0v) is 15.8. The molecule has 0 aliphatic rings. The third-order valence-electron chi connectivity index (χ3n) is 4.40. The third kappa shape index (κ3) is 4.93. The molecule has 0 saturated heterocycles. The lowest BCUT2D eigenvalue weighted by molar-refractivity contribution is -0.143. The molecule has 9 heteroatoms. The van der Waals surface area contributed by atoms with Crippen LogP contribution in [0.2, 0.25) is 0 Å². The standard InChI is InChI=1S/C19H22FN3O5/c1-4-11(2)18(19(26)27)21-16(24)10-23-17(25)8-7-14(22-23)13-6-5-12(20)9-15(13)28-3/h5-9,11,18H,4,10H2,1-3H3,(H,21,24)(H,26,27). The first-order chi connectivity index (χ1) is 13.3. The van der Waals surface area contributed by atoms with Crippen molar-refractivity contribution >= 4 is 11.9 Å². The van der Waals surface area contributed by atoms with Gasteiger partial charge in [0.05, 0.1) is 12.8 Å². The molecule has 1 aromatic heterocycles. The maximum Gasteiger partial charge on any atom is 0.326 e. The van der Waals surface area contributed by atoms with Gasteiger partial charge in [-0.3, -0.25) is 9.59 Å². The van der Waals surface area contributed by atoms with Crippen molar-refractivity contribution < 1.29 is 23.8 Å². The van der Waals surface area contributed by atoms with Crippen molar-refractivity contribution in [3.63, 3.8) is 0 Å². The van der Waals surface area contributed by atoms with Gasteiger partial charge < -0.3 is 15.2 Å². The molecule has 2 N–H and O–H groups in total. The number of carboxylic acid groups (broad SMARTS) is 1. The van der Waals surface area contributed by atoms with E-state index in [-0.39, 0.29) is 11.7 Å². The fourth-order valence-corrected chi connectivity index (χ4v) is 2.62. The highest BCUT2D eigenvalue weighted by Crippen LogP contribution is 2.28. The SMILES string of the molecule is CCC(C)C(NC(=O)Cn1nc(-c2ccc(F)cc2OC)ccc1=O)C(=O)O. The minimum atomic E-state index is -1.15. The fraction of sp³-hybridized carbons (Fsp3) is 0.368. The number of aromatic nitrogens is 2. The van der Waals surface area contributed by atoms with E-state index in [4.69, 9.17) is 4.74 Å². The molecular formula is C19H22FN3O5. The van der Waals surface area contributed by atoms with Gasteiger partial charge in [0.25, 0.3) is 5.56 Å². The molecule has 0 aliphatic carbocycles. The van der Waals surface area contributed by atoms with E-state index in [1.54, 1.807) is 6.92 Å². The Hall–Kier alpha value is -3.23. The number of benzene rings is 1. The Morgan fingerprint density at radius 2 is 2.04 bits per heavy atom. The number of rotatable bonds is 8. The van der Waals surface area contributed by atoms with Crippen LogP contribution in [0.3, 0.4) is 0 Å². The van der Waals surface area contributed by atoms with Gasteiger partial charge in [-0.25, -0.2) is 13.9 Å². The Labute approximate surface area is 160 Å². The average Bonchev–Trinajstić information content (AvgIpc) is 2.67. The molecule has 1 amide bonds. The smallest absolute Gasteiger partial charge is 0.326 e. The largest absolute Gasteiger partial charge is 0.496 e. The van der Waals surface area contributed by atoms with Crippen LogP contribution in [-0.4, -0.2) is 39.9 Å². The number of aliphatic carboxylic acids is 1. The summed E-state index contributed by atoms with van der Waals surface area (Å²) in [5.41, 5.74) is 0.220. The maximum absolute atomic E-state index is 13.4. The molecule has 2 aromatic rings. The van der Waals surface area contributed by atoms with Crippen molar-refractivity contribution in [2.75, 3.05) is 7.11 Å². The molecule has 2 unspecified atom stereocenters. The van der Waals surface area contributed by atoms with E-state index in [0.717, 1.165) is 4.68 Å². The van der Waals surface area contributed by atoms with Crippen LogP contribution >= 0.6 is 0 Å². The van der Waals surface area contributed by atoms with Crippen LogP contribution in [0.5, 0.6) is 5.75 Å². The maximum atomic E-state index is 13.4. The lowest BCUT2D eigenvalue weighted by Gasteiger charge is -2.20. The molecule has 2 atom stereocenters. The van der Waals surface area contributed by atoms with Gasteiger partial charge in [0, 0.05) is 17.7 Å². The van der Waals surface area contributed by atoms with Crippen LogP contribution in [0.1, 0.15) is 20.3 Å². The molecule has 2 rings (SSSR count). The van der Waals surface area contributed by atoms with Crippen molar-refractivity contribution in [1.82, 2.24) is 15.1 Å². The summed E-state index contributed by atoms with van der Waals surface area (Å²) in [5.74, 6) is -2.33. The van der Waals surface area contributed by atoms with Gasteiger partial charge in [0.1, 0.15) is 24.2 Å². The predicted molar refractivity (Wildman–Crippen MR) is 99.5 cm³/mol. The van der Waals surface area contributed by atoms with E-state index in [1.165, 1.54) is 37.4 Å². The molecule has 8 nitrogen and oxygen atoms in total. The lowest BCUT2D eigenvalue weighted by atomic mass is 9.99. The topological polar surface area (TPSA) is 111 Å². The van der Waals surface area contributed by atoms with Gasteiger partial charge in [-0.15, -0.1) is 0 Å². The molecular weight excluding hydrogens is 369 g/mol. The lowest BCUT2D eigenvalue weighted by Crippen LogP contribution is -2.47. The molecule has 0 bridgehead atoms. The first-order valence-electron chi connectivity index (χ1n) is 8.71. The van der Waals surface area contributed by atoms with Crippen molar-refractivity contribution in [3.05, 3.63) is 46.5 Å². The highest BCUT2D eigenvalue weighted by molar-refractivity contribution is 5.83. The Kier molecular flexibility index (Phi) is 6.86. The molecule has 0 aliphatic heterocycles. The van der Waals surface area contributed by atoms with E-state index in [1.807, 2.05) is 6.92 Å². The number of halogens is 1. The van der Waals surface area contributed by atoms with Crippen LogP contribution in [0.25, 0.3) is 11.3 Å². The normalized spacial score (nSPS) is 12.9. The summed E-state index contributed by atoms with van der Waals surface area (Å²) >= 11 is 0. The molecule has 0 saturated carbocycles. The number of methoxy groups -OCH3 is 1. The summed E-state index contributed by atoms with van der Waals surface area (Å²) in [4.78, 5) is 35.7. The molecule has 1 heterocycles. The monoisotopic (exact) mass is 391 g/mol. The molecule has 0 fully saturated rings. The molecule has 1 aromatic carbocycles. The fourth-order valence-electron chi connectivity index (χ4n) is 2.62. The van der Waals surface area contributed by atoms with Crippen LogP contribution in [-0.2, 0) is 16.1 Å². The molecule has 0 spiro atoms. The quantitative estimate of drug-likeness (QED) is 0.708. The van der Waals surface area contributed by atoms with Crippen molar-refractivity contribution in [1.29, 1.82) is 0 Å². The number of nitrogens with zero attached hydrogens (tertiary/aromatic N) is 2. The van der Waals surface area contributed by atoms with Crippen molar-refractivity contribution in [2.24, 2.45) is 5.92 Å². The minimum Gasteiger partial charge on any atom is -0.496 e. The second-order valence-corrected chi connectivity index (χ2v) is 6.33. The summed E-state index contributed by atoms with van der Waals surface area (Å²) in [6.07, 6.45) is 0.565. The van der Waals surface area contributed by atoms with Gasteiger partial charge in [-0.05, 0) is 24.1 Å². The molecule has 150 valence electrons. The van der Waals surface area contributed by atoms with Crippen molar-refractivity contribution in [3.8, 4) is 17.0 Å². The Morgan fingerprint density at radius 3 is 2.64 bits per heavy atom. The van der Waals surface area contributed by atoms with E-state index in [9.17, 15) is 23.9 Å². The third-order valence-corrected chi connectivity index (χ3v) is 4.40. The number of nitrogens with one attached hydrogen (secondary N) is 1. The first kappa shape index (κ1) is 21.1. The van der Waals surface area contributed by atoms with E-state index in [0.29, 0.717) is 17.7 Å². The van der Waals surface area contributed by atoms with E-state index in [2.05, 4.69) is 10.4 Å². The number of carbonyl (C=O) groups is 2.